The third kappa shape index (κ3) is 3.78. The van der Waals surface area contributed by atoms with E-state index in [1.54, 1.807) is 17.3 Å². The molecule has 7 heteroatoms. The van der Waals surface area contributed by atoms with Crippen molar-refractivity contribution in [1.82, 2.24) is 14.9 Å². The van der Waals surface area contributed by atoms with Gasteiger partial charge in [0.05, 0.1) is 4.47 Å². The van der Waals surface area contributed by atoms with E-state index in [0.29, 0.717) is 19.0 Å². The number of likely N-dealkylation sites (tertiary alicyclic amines) is 1. The highest BCUT2D eigenvalue weighted by atomic mass is 79.9. The van der Waals surface area contributed by atoms with Crippen molar-refractivity contribution in [2.24, 2.45) is 0 Å². The maximum atomic E-state index is 12.2. The summed E-state index contributed by atoms with van der Waals surface area (Å²) in [5, 5.41) is 11.9. The monoisotopic (exact) mass is 335 g/mol. The first kappa shape index (κ1) is 14.5. The number of carbonyl (C=O) groups excluding carboxylic acids is 1. The third-order valence-electron chi connectivity index (χ3n) is 2.96. The SMILES string of the molecule is N#C/C(=C/Nc1ncc(Br)cn1)C(=O)N1CCCCC1. The molecule has 0 saturated carbocycles. The normalized spacial score (nSPS) is 15.6. The second kappa shape index (κ2) is 7.01. The Hall–Kier alpha value is -1.94. The van der Waals surface area contributed by atoms with Crippen LogP contribution in [0, 0.1) is 11.3 Å². The average Bonchev–Trinajstić information content (AvgIpc) is 2.50. The van der Waals surface area contributed by atoms with Gasteiger partial charge < -0.3 is 10.2 Å². The summed E-state index contributed by atoms with van der Waals surface area (Å²) >= 11 is 3.23. The summed E-state index contributed by atoms with van der Waals surface area (Å²) in [5.41, 5.74) is 0.0680. The quantitative estimate of drug-likeness (QED) is 0.675. The van der Waals surface area contributed by atoms with Crippen molar-refractivity contribution in [3.8, 4) is 6.07 Å². The second-order valence-corrected chi connectivity index (χ2v) is 5.31. The summed E-state index contributed by atoms with van der Waals surface area (Å²) in [4.78, 5) is 21.9. The predicted octanol–water partition coefficient (Wildman–Crippen LogP) is 2.07. The number of hydrogen-bond donors (Lipinski definition) is 1. The molecule has 0 spiro atoms. The number of carbonyl (C=O) groups is 1. The van der Waals surface area contributed by atoms with Crippen LogP contribution in [-0.2, 0) is 4.79 Å². The molecule has 0 aromatic carbocycles. The number of hydrogen-bond acceptors (Lipinski definition) is 5. The number of nitriles is 1. The Balaban J connectivity index is 2.03. The predicted molar refractivity (Wildman–Crippen MR) is 77.5 cm³/mol. The number of nitrogens with zero attached hydrogens (tertiary/aromatic N) is 4. The van der Waals surface area contributed by atoms with E-state index in [1.807, 2.05) is 6.07 Å². The molecule has 1 aliphatic rings. The van der Waals surface area contributed by atoms with Crippen LogP contribution >= 0.6 is 15.9 Å². The fourth-order valence-corrected chi connectivity index (χ4v) is 2.14. The molecule has 1 saturated heterocycles. The van der Waals surface area contributed by atoms with Gasteiger partial charge in [-0.25, -0.2) is 9.97 Å². The van der Waals surface area contributed by atoms with Crippen molar-refractivity contribution in [2.75, 3.05) is 18.4 Å². The molecule has 1 aromatic rings. The second-order valence-electron chi connectivity index (χ2n) is 4.39. The van der Waals surface area contributed by atoms with Gasteiger partial charge in [-0.05, 0) is 35.2 Å². The van der Waals surface area contributed by atoms with E-state index in [9.17, 15) is 4.79 Å². The van der Waals surface area contributed by atoms with Crippen LogP contribution in [0.25, 0.3) is 0 Å². The Morgan fingerprint density at radius 2 is 2.00 bits per heavy atom. The smallest absolute Gasteiger partial charge is 0.266 e. The Labute approximate surface area is 125 Å². The number of amides is 1. The lowest BCUT2D eigenvalue weighted by atomic mass is 10.1. The van der Waals surface area contributed by atoms with E-state index in [0.717, 1.165) is 23.7 Å². The molecule has 0 radical (unpaired) electrons. The van der Waals surface area contributed by atoms with E-state index in [-0.39, 0.29) is 11.5 Å². The molecule has 1 aliphatic heterocycles. The lowest BCUT2D eigenvalue weighted by molar-refractivity contribution is -0.127. The summed E-state index contributed by atoms with van der Waals surface area (Å²) in [6.45, 7) is 1.43. The highest BCUT2D eigenvalue weighted by Crippen LogP contribution is 2.12. The van der Waals surface area contributed by atoms with Gasteiger partial charge in [0.25, 0.3) is 5.91 Å². The van der Waals surface area contributed by atoms with Gasteiger partial charge in [0.2, 0.25) is 5.95 Å². The lowest BCUT2D eigenvalue weighted by Gasteiger charge is -2.26. The highest BCUT2D eigenvalue weighted by molar-refractivity contribution is 9.10. The van der Waals surface area contributed by atoms with Crippen molar-refractivity contribution < 1.29 is 4.79 Å². The molecular formula is C13H14BrN5O. The van der Waals surface area contributed by atoms with Gasteiger partial charge in [-0.3, -0.25) is 4.79 Å². The fraction of sp³-hybridized carbons (Fsp3) is 0.385. The molecule has 0 atom stereocenters. The van der Waals surface area contributed by atoms with E-state index >= 15 is 0 Å². The molecule has 0 aliphatic carbocycles. The summed E-state index contributed by atoms with van der Waals surface area (Å²) < 4.78 is 0.761. The zero-order valence-electron chi connectivity index (χ0n) is 10.8. The molecule has 104 valence electrons. The average molecular weight is 336 g/mol. The number of rotatable bonds is 3. The zero-order valence-corrected chi connectivity index (χ0v) is 12.4. The topological polar surface area (TPSA) is 81.9 Å². The van der Waals surface area contributed by atoms with Gasteiger partial charge in [-0.1, -0.05) is 0 Å². The minimum atomic E-state index is -0.239. The van der Waals surface area contributed by atoms with Gasteiger partial charge in [-0.15, -0.1) is 0 Å². The van der Waals surface area contributed by atoms with Crippen LogP contribution in [0.2, 0.25) is 0 Å². The molecule has 6 nitrogen and oxygen atoms in total. The lowest BCUT2D eigenvalue weighted by Crippen LogP contribution is -2.36. The Morgan fingerprint density at radius 3 is 2.60 bits per heavy atom. The van der Waals surface area contributed by atoms with Gasteiger partial charge in [-0.2, -0.15) is 5.26 Å². The minimum absolute atomic E-state index is 0.0680. The highest BCUT2D eigenvalue weighted by Gasteiger charge is 2.20. The van der Waals surface area contributed by atoms with E-state index in [2.05, 4.69) is 31.2 Å². The fourth-order valence-electron chi connectivity index (χ4n) is 1.93. The Morgan fingerprint density at radius 1 is 1.35 bits per heavy atom. The summed E-state index contributed by atoms with van der Waals surface area (Å²) in [6, 6.07) is 1.92. The third-order valence-corrected chi connectivity index (χ3v) is 3.37. The standard InChI is InChI=1S/C13H14BrN5O/c14-11-8-17-13(18-9-11)16-7-10(6-15)12(20)19-4-2-1-3-5-19/h7-9H,1-5H2,(H,16,17,18)/b10-7-. The number of anilines is 1. The van der Waals surface area contributed by atoms with Crippen LogP contribution in [0.1, 0.15) is 19.3 Å². The number of piperidine rings is 1. The van der Waals surface area contributed by atoms with Crippen LogP contribution in [-0.4, -0.2) is 33.9 Å². The van der Waals surface area contributed by atoms with Gasteiger partial charge in [0, 0.05) is 31.7 Å². The van der Waals surface area contributed by atoms with Crippen LogP contribution in [0.15, 0.2) is 28.6 Å². The first-order valence-electron chi connectivity index (χ1n) is 6.34. The van der Waals surface area contributed by atoms with E-state index in [4.69, 9.17) is 5.26 Å². The minimum Gasteiger partial charge on any atom is -0.338 e. The molecule has 0 bridgehead atoms. The van der Waals surface area contributed by atoms with Crippen LogP contribution in [0.4, 0.5) is 5.95 Å². The molecule has 1 fully saturated rings. The maximum Gasteiger partial charge on any atom is 0.266 e. The molecule has 1 N–H and O–H groups in total. The molecule has 0 unspecified atom stereocenters. The summed E-state index contributed by atoms with van der Waals surface area (Å²) in [5.74, 6) is 0.101. The van der Waals surface area contributed by atoms with E-state index in [1.165, 1.54) is 6.20 Å². The molecule has 20 heavy (non-hydrogen) atoms. The zero-order chi connectivity index (χ0) is 14.4. The van der Waals surface area contributed by atoms with Crippen molar-refractivity contribution in [1.29, 1.82) is 5.26 Å². The molecular weight excluding hydrogens is 322 g/mol. The van der Waals surface area contributed by atoms with Gasteiger partial charge in [0.1, 0.15) is 11.6 Å². The summed E-state index contributed by atoms with van der Waals surface area (Å²) in [6.07, 6.45) is 7.66. The van der Waals surface area contributed by atoms with Crippen LogP contribution in [0.3, 0.4) is 0 Å². The summed E-state index contributed by atoms with van der Waals surface area (Å²) in [7, 11) is 0. The number of halogens is 1. The van der Waals surface area contributed by atoms with Gasteiger partial charge >= 0.3 is 0 Å². The van der Waals surface area contributed by atoms with Gasteiger partial charge in [0.15, 0.2) is 0 Å². The largest absolute Gasteiger partial charge is 0.338 e. The van der Waals surface area contributed by atoms with E-state index < -0.39 is 0 Å². The molecule has 1 amide bonds. The van der Waals surface area contributed by atoms with Crippen LogP contribution in [0.5, 0.6) is 0 Å². The van der Waals surface area contributed by atoms with Crippen molar-refractivity contribution in [3.05, 3.63) is 28.6 Å². The first-order valence-corrected chi connectivity index (χ1v) is 7.13. The molecule has 2 rings (SSSR count). The Kier molecular flexibility index (Phi) is 5.07. The Bertz CT molecular complexity index is 543. The maximum absolute atomic E-state index is 12.2. The van der Waals surface area contributed by atoms with Crippen LogP contribution < -0.4 is 5.32 Å². The number of nitrogens with one attached hydrogen (secondary N) is 1. The van der Waals surface area contributed by atoms with Crippen molar-refractivity contribution in [3.63, 3.8) is 0 Å². The molecule has 2 heterocycles. The number of aromatic nitrogens is 2. The first-order chi connectivity index (χ1) is 9.70. The van der Waals surface area contributed by atoms with Crippen molar-refractivity contribution in [2.45, 2.75) is 19.3 Å². The van der Waals surface area contributed by atoms with Crippen molar-refractivity contribution >= 4 is 27.8 Å². The molecule has 1 aromatic heterocycles.